The van der Waals surface area contributed by atoms with E-state index in [1.54, 1.807) is 13.8 Å². The van der Waals surface area contributed by atoms with Crippen molar-refractivity contribution >= 4 is 29.6 Å². The van der Waals surface area contributed by atoms with Crippen LogP contribution in [0.25, 0.3) is 0 Å². The number of ether oxygens (including phenoxy) is 1. The molecule has 1 aromatic heterocycles. The molecule has 1 fully saturated rings. The fourth-order valence-electron chi connectivity index (χ4n) is 3.05. The van der Waals surface area contributed by atoms with Crippen molar-refractivity contribution in [2.75, 3.05) is 28.6 Å². The molecule has 0 unspecified atom stereocenters. The van der Waals surface area contributed by atoms with Crippen LogP contribution in [0.5, 0.6) is 5.75 Å². The van der Waals surface area contributed by atoms with Crippen LogP contribution >= 0.6 is 0 Å². The highest BCUT2D eigenvalue weighted by Crippen LogP contribution is 2.33. The number of amides is 3. The number of halogens is 6. The largest absolute Gasteiger partial charge is 0.420 e. The summed E-state index contributed by atoms with van der Waals surface area (Å²) in [5.41, 5.74) is 3.16. The first-order valence-electron chi connectivity index (χ1n) is 9.51. The molecule has 0 saturated carbocycles. The molecule has 15 heteroatoms. The fourth-order valence-corrected chi connectivity index (χ4v) is 3.05. The Hall–Kier alpha value is -3.78. The molecule has 2 heterocycles. The number of urea groups is 1. The Morgan fingerprint density at radius 1 is 1.26 bits per heavy atom. The normalized spacial score (nSPS) is 15.8. The lowest BCUT2D eigenvalue weighted by Gasteiger charge is -2.24. The van der Waals surface area contributed by atoms with Gasteiger partial charge in [-0.2, -0.15) is 31.3 Å². The van der Waals surface area contributed by atoms with Crippen molar-refractivity contribution in [3.05, 3.63) is 36.0 Å². The van der Waals surface area contributed by atoms with Gasteiger partial charge in [-0.15, -0.1) is 0 Å². The smallest absolute Gasteiger partial charge is 0.404 e. The Bertz CT molecular complexity index is 1100. The Balaban J connectivity index is 1.87. The van der Waals surface area contributed by atoms with Crippen LogP contribution in [0.4, 0.5) is 53.4 Å². The van der Waals surface area contributed by atoms with Crippen molar-refractivity contribution < 1.29 is 40.7 Å². The number of nitrogens with zero attached hydrogens (tertiary/aromatic N) is 4. The SMILES string of the molecule is CC1(C)CN(c2ncc(OC(=O)N(CC(F)(F)F)c3cccc(C(F)(F)F)c3)c(N)n2)C(=O)N1. The molecule has 1 aliphatic rings. The van der Waals surface area contributed by atoms with Gasteiger partial charge in [0.1, 0.15) is 6.54 Å². The molecule has 34 heavy (non-hydrogen) atoms. The second-order valence-electron chi connectivity index (χ2n) is 7.94. The van der Waals surface area contributed by atoms with Gasteiger partial charge in [-0.1, -0.05) is 6.07 Å². The minimum atomic E-state index is -4.96. The second kappa shape index (κ2) is 8.53. The molecule has 9 nitrogen and oxygen atoms in total. The Labute approximate surface area is 188 Å². The van der Waals surface area contributed by atoms with Crippen LogP contribution < -0.4 is 25.6 Å². The molecule has 3 amide bonds. The third kappa shape index (κ3) is 5.77. The summed E-state index contributed by atoms with van der Waals surface area (Å²) < 4.78 is 83.0. The molecule has 3 N–H and O–H groups in total. The molecule has 184 valence electrons. The van der Waals surface area contributed by atoms with Crippen molar-refractivity contribution in [2.24, 2.45) is 0 Å². The summed E-state index contributed by atoms with van der Waals surface area (Å²) in [4.78, 5) is 33.4. The number of hydrogen-bond acceptors (Lipinski definition) is 6. The average molecular weight is 492 g/mol. The molecule has 0 spiro atoms. The van der Waals surface area contributed by atoms with Crippen molar-refractivity contribution in [3.8, 4) is 5.75 Å². The predicted octanol–water partition coefficient (Wildman–Crippen LogP) is 3.95. The summed E-state index contributed by atoms with van der Waals surface area (Å²) in [6.45, 7) is 1.73. The van der Waals surface area contributed by atoms with Gasteiger partial charge in [0.25, 0.3) is 0 Å². The Morgan fingerprint density at radius 3 is 2.47 bits per heavy atom. The summed E-state index contributed by atoms with van der Waals surface area (Å²) in [5, 5.41) is 2.67. The Morgan fingerprint density at radius 2 is 1.94 bits per heavy atom. The van der Waals surface area contributed by atoms with E-state index in [2.05, 4.69) is 15.3 Å². The van der Waals surface area contributed by atoms with E-state index in [9.17, 15) is 35.9 Å². The third-order valence-electron chi connectivity index (χ3n) is 4.50. The van der Waals surface area contributed by atoms with Gasteiger partial charge >= 0.3 is 24.5 Å². The molecular weight excluding hydrogens is 474 g/mol. The summed E-state index contributed by atoms with van der Waals surface area (Å²) in [6.07, 6.45) is -10.6. The van der Waals surface area contributed by atoms with E-state index in [1.807, 2.05) is 0 Å². The van der Waals surface area contributed by atoms with Gasteiger partial charge in [-0.3, -0.25) is 9.80 Å². The van der Waals surface area contributed by atoms with E-state index in [-0.39, 0.29) is 17.4 Å². The number of benzene rings is 1. The van der Waals surface area contributed by atoms with Crippen LogP contribution in [0, 0.1) is 0 Å². The van der Waals surface area contributed by atoms with E-state index < -0.39 is 59.4 Å². The fraction of sp³-hybridized carbons (Fsp3) is 0.368. The number of carbonyl (C=O) groups is 2. The second-order valence-corrected chi connectivity index (χ2v) is 7.94. The lowest BCUT2D eigenvalue weighted by molar-refractivity contribution is -0.137. The van der Waals surface area contributed by atoms with Gasteiger partial charge in [0.15, 0.2) is 11.6 Å². The maximum Gasteiger partial charge on any atom is 0.420 e. The van der Waals surface area contributed by atoms with Crippen LogP contribution in [0.15, 0.2) is 30.5 Å². The number of alkyl halides is 6. The number of nitrogen functional groups attached to an aromatic ring is 1. The van der Waals surface area contributed by atoms with Crippen LogP contribution in [0.3, 0.4) is 0 Å². The molecule has 0 atom stereocenters. The van der Waals surface area contributed by atoms with E-state index in [0.29, 0.717) is 12.1 Å². The molecular formula is C19H18F6N6O3. The first-order valence-corrected chi connectivity index (χ1v) is 9.51. The number of aromatic nitrogens is 2. The lowest BCUT2D eigenvalue weighted by Crippen LogP contribution is -2.41. The molecule has 1 aromatic carbocycles. The minimum Gasteiger partial charge on any atom is -0.404 e. The van der Waals surface area contributed by atoms with Gasteiger partial charge < -0.3 is 15.8 Å². The van der Waals surface area contributed by atoms with Gasteiger partial charge in [0, 0.05) is 5.69 Å². The Kier molecular flexibility index (Phi) is 6.24. The molecule has 3 rings (SSSR count). The molecule has 0 radical (unpaired) electrons. The molecule has 1 aliphatic heterocycles. The van der Waals surface area contributed by atoms with E-state index in [1.165, 1.54) is 0 Å². The number of anilines is 3. The van der Waals surface area contributed by atoms with Crippen molar-refractivity contribution in [1.29, 1.82) is 0 Å². The van der Waals surface area contributed by atoms with E-state index in [4.69, 9.17) is 10.5 Å². The number of rotatable bonds is 4. The quantitative estimate of drug-likeness (QED) is 0.625. The first-order chi connectivity index (χ1) is 15.6. The lowest BCUT2D eigenvalue weighted by atomic mass is 10.1. The third-order valence-corrected chi connectivity index (χ3v) is 4.50. The van der Waals surface area contributed by atoms with Crippen molar-refractivity contribution in [3.63, 3.8) is 0 Å². The topological polar surface area (TPSA) is 114 Å². The molecule has 0 aliphatic carbocycles. The van der Waals surface area contributed by atoms with Crippen molar-refractivity contribution in [1.82, 2.24) is 15.3 Å². The monoisotopic (exact) mass is 492 g/mol. The maximum absolute atomic E-state index is 13.1. The highest BCUT2D eigenvalue weighted by molar-refractivity contribution is 5.94. The number of nitrogens with two attached hydrogens (primary N) is 1. The highest BCUT2D eigenvalue weighted by atomic mass is 19.4. The van der Waals surface area contributed by atoms with Gasteiger partial charge in [-0.25, -0.2) is 14.6 Å². The van der Waals surface area contributed by atoms with E-state index >= 15 is 0 Å². The number of nitrogens with one attached hydrogen (secondary N) is 1. The van der Waals surface area contributed by atoms with Gasteiger partial charge in [-0.05, 0) is 32.0 Å². The zero-order chi connectivity index (χ0) is 25.5. The molecule has 2 aromatic rings. The molecule has 0 bridgehead atoms. The maximum atomic E-state index is 13.1. The van der Waals surface area contributed by atoms with Crippen molar-refractivity contribution in [2.45, 2.75) is 31.7 Å². The van der Waals surface area contributed by atoms with Crippen LogP contribution in [-0.4, -0.2) is 46.9 Å². The number of hydrogen-bond donors (Lipinski definition) is 2. The molecule has 1 saturated heterocycles. The van der Waals surface area contributed by atoms with Crippen LogP contribution in [-0.2, 0) is 6.18 Å². The first kappa shape index (κ1) is 24.9. The average Bonchev–Trinajstić information content (AvgIpc) is 2.98. The highest BCUT2D eigenvalue weighted by Gasteiger charge is 2.38. The summed E-state index contributed by atoms with van der Waals surface area (Å²) in [7, 11) is 0. The zero-order valence-corrected chi connectivity index (χ0v) is 17.7. The standard InChI is InChI=1S/C19H18F6N6O3/c1-17(2)8-31(15(32)29-17)14-27-7-12(13(26)28-14)34-16(33)30(9-18(20,21)22)11-5-3-4-10(6-11)19(23,24)25/h3-7H,8-9H2,1-2H3,(H,29,32)(H2,26,27,28). The predicted molar refractivity (Wildman–Crippen MR) is 107 cm³/mol. The van der Waals surface area contributed by atoms with Crippen LogP contribution in [0.2, 0.25) is 0 Å². The summed E-state index contributed by atoms with van der Waals surface area (Å²) >= 11 is 0. The summed E-state index contributed by atoms with van der Waals surface area (Å²) in [5.74, 6) is -1.18. The minimum absolute atomic E-state index is 0.0287. The summed E-state index contributed by atoms with van der Waals surface area (Å²) in [6, 6.07) is 2.24. The van der Waals surface area contributed by atoms with E-state index in [0.717, 1.165) is 23.2 Å². The van der Waals surface area contributed by atoms with Crippen LogP contribution in [0.1, 0.15) is 19.4 Å². The van der Waals surface area contributed by atoms with Gasteiger partial charge in [0.2, 0.25) is 5.95 Å². The number of carbonyl (C=O) groups excluding carboxylic acids is 2. The zero-order valence-electron chi connectivity index (χ0n) is 17.7. The van der Waals surface area contributed by atoms with Gasteiger partial charge in [0.05, 0.1) is 23.8 Å².